The highest BCUT2D eigenvalue weighted by atomic mass is 16.3. The molecule has 0 unspecified atom stereocenters. The summed E-state index contributed by atoms with van der Waals surface area (Å²) >= 11 is 0. The van der Waals surface area contributed by atoms with E-state index in [1.54, 1.807) is 0 Å². The predicted molar refractivity (Wildman–Crippen MR) is 34.8 cm³/mol. The molecule has 0 fully saturated rings. The van der Waals surface area contributed by atoms with Crippen LogP contribution in [0.15, 0.2) is 0 Å². The quantitative estimate of drug-likeness (QED) is 0.438. The smallest absolute Gasteiger partial charge is 0.189 e. The van der Waals surface area contributed by atoms with Gasteiger partial charge in [0, 0.05) is 0 Å². The topological polar surface area (TPSA) is 94.8 Å². The van der Waals surface area contributed by atoms with Crippen molar-refractivity contribution < 1.29 is 24.9 Å². The second-order valence-corrected chi connectivity index (χ2v) is 2.12. The van der Waals surface area contributed by atoms with E-state index in [9.17, 15) is 9.59 Å². The zero-order valence-corrected chi connectivity index (χ0v) is 6.02. The first-order valence-electron chi connectivity index (χ1n) is 3.01. The molecule has 0 saturated carbocycles. The summed E-state index contributed by atoms with van der Waals surface area (Å²) < 4.78 is 0. The van der Waals surface area contributed by atoms with Crippen molar-refractivity contribution in [1.29, 1.82) is 0 Å². The molecule has 0 saturated heterocycles. The molecule has 0 aromatic heterocycles. The molecule has 0 aromatic carbocycles. The maximum atomic E-state index is 10.4. The summed E-state index contributed by atoms with van der Waals surface area (Å²) in [6, 6.07) is 0. The first kappa shape index (κ1) is 10.2. The van der Waals surface area contributed by atoms with Gasteiger partial charge in [-0.15, -0.1) is 0 Å². The second-order valence-electron chi connectivity index (χ2n) is 2.12. The zero-order valence-electron chi connectivity index (χ0n) is 6.02. The van der Waals surface area contributed by atoms with Crippen LogP contribution in [0.4, 0.5) is 0 Å². The van der Waals surface area contributed by atoms with Gasteiger partial charge in [-0.3, -0.25) is 9.59 Å². The maximum absolute atomic E-state index is 10.4. The van der Waals surface area contributed by atoms with Gasteiger partial charge in [0.15, 0.2) is 11.6 Å². The molecule has 0 rings (SSSR count). The molecule has 0 spiro atoms. The van der Waals surface area contributed by atoms with Crippen LogP contribution in [0.2, 0.25) is 0 Å². The Kier molecular flexibility index (Phi) is 3.88. The average Bonchev–Trinajstić information content (AvgIpc) is 2.00. The Morgan fingerprint density at radius 2 is 1.73 bits per heavy atom. The number of Topliss-reactive ketones (excluding diaryl/α,β-unsaturated/α-hetero) is 2. The lowest BCUT2D eigenvalue weighted by Gasteiger charge is -2.11. The van der Waals surface area contributed by atoms with Gasteiger partial charge in [0.25, 0.3) is 0 Å². The first-order chi connectivity index (χ1) is 5.00. The Bertz CT molecular complexity index is 164. The zero-order chi connectivity index (χ0) is 9.02. The van der Waals surface area contributed by atoms with E-state index in [0.29, 0.717) is 0 Å². The fourth-order valence-electron chi connectivity index (χ4n) is 0.492. The Morgan fingerprint density at radius 3 is 2.00 bits per heavy atom. The molecule has 5 nitrogen and oxygen atoms in total. The minimum absolute atomic E-state index is 0.709. The van der Waals surface area contributed by atoms with E-state index in [1.165, 1.54) is 0 Å². The van der Waals surface area contributed by atoms with E-state index in [2.05, 4.69) is 0 Å². The molecule has 3 N–H and O–H groups in total. The van der Waals surface area contributed by atoms with Gasteiger partial charge in [0.1, 0.15) is 18.8 Å². The Hall–Kier alpha value is -0.780. The van der Waals surface area contributed by atoms with E-state index in [1.807, 2.05) is 0 Å². The molecule has 64 valence electrons. The van der Waals surface area contributed by atoms with E-state index in [-0.39, 0.29) is 0 Å². The fraction of sp³-hybridized carbons (Fsp3) is 0.667. The molecule has 0 aromatic rings. The Balaban J connectivity index is 4.12. The molecular formula is C6H10O5. The normalized spacial score (nSPS) is 15.6. The summed E-state index contributed by atoms with van der Waals surface area (Å²) in [5, 5.41) is 25.7. The van der Waals surface area contributed by atoms with Crippen molar-refractivity contribution >= 4 is 11.6 Å². The summed E-state index contributed by atoms with van der Waals surface area (Å²) in [5.41, 5.74) is 0. The van der Waals surface area contributed by atoms with Crippen molar-refractivity contribution in [3.8, 4) is 0 Å². The number of carbonyl (C=O) groups excluding carboxylic acids is 2. The molecule has 11 heavy (non-hydrogen) atoms. The molecule has 0 aliphatic heterocycles. The van der Waals surface area contributed by atoms with E-state index < -0.39 is 30.4 Å². The van der Waals surface area contributed by atoms with Crippen molar-refractivity contribution in [2.75, 3.05) is 6.61 Å². The van der Waals surface area contributed by atoms with Crippen LogP contribution in [0.3, 0.4) is 0 Å². The summed E-state index contributed by atoms with van der Waals surface area (Å²) in [7, 11) is 0. The summed E-state index contributed by atoms with van der Waals surface area (Å²) in [5.74, 6) is -1.67. The summed E-state index contributed by atoms with van der Waals surface area (Å²) in [6.07, 6.45) is -3.54. The third kappa shape index (κ3) is 2.75. The number of aliphatic hydroxyl groups is 3. The predicted octanol–water partition coefficient (Wildman–Crippen LogP) is -2.14. The number of hydrogen-bond acceptors (Lipinski definition) is 5. The van der Waals surface area contributed by atoms with Crippen LogP contribution in [0.25, 0.3) is 0 Å². The molecule has 2 atom stereocenters. The minimum atomic E-state index is -1.81. The van der Waals surface area contributed by atoms with E-state index in [0.717, 1.165) is 6.92 Å². The van der Waals surface area contributed by atoms with Gasteiger partial charge in [-0.1, -0.05) is 0 Å². The standard InChI is InChI=1S/C6H10O5/c1-3(8)5(10)6(11)4(9)2-7/h5-7,10-11H,2H2,1H3/t5-,6-/m0/s1. The Morgan fingerprint density at radius 1 is 1.27 bits per heavy atom. The highest BCUT2D eigenvalue weighted by molar-refractivity contribution is 5.92. The van der Waals surface area contributed by atoms with E-state index >= 15 is 0 Å². The highest BCUT2D eigenvalue weighted by Gasteiger charge is 2.26. The maximum Gasteiger partial charge on any atom is 0.189 e. The summed E-state index contributed by atoms with van der Waals surface area (Å²) in [4.78, 5) is 20.8. The lowest BCUT2D eigenvalue weighted by Crippen LogP contribution is -2.39. The van der Waals surface area contributed by atoms with Crippen LogP contribution in [-0.2, 0) is 9.59 Å². The first-order valence-corrected chi connectivity index (χ1v) is 3.01. The van der Waals surface area contributed by atoms with Crippen LogP contribution < -0.4 is 0 Å². The van der Waals surface area contributed by atoms with Crippen molar-refractivity contribution in [1.82, 2.24) is 0 Å². The van der Waals surface area contributed by atoms with E-state index in [4.69, 9.17) is 15.3 Å². The van der Waals surface area contributed by atoms with Gasteiger partial charge in [0.2, 0.25) is 0 Å². The summed E-state index contributed by atoms with van der Waals surface area (Å²) in [6.45, 7) is 0.157. The number of carbonyl (C=O) groups is 2. The number of aliphatic hydroxyl groups excluding tert-OH is 3. The Labute approximate surface area is 63.3 Å². The van der Waals surface area contributed by atoms with Crippen molar-refractivity contribution in [2.45, 2.75) is 19.1 Å². The largest absolute Gasteiger partial charge is 0.388 e. The molecule has 0 aliphatic rings. The molecule has 0 amide bonds. The van der Waals surface area contributed by atoms with Gasteiger partial charge >= 0.3 is 0 Å². The average molecular weight is 162 g/mol. The number of rotatable bonds is 4. The highest BCUT2D eigenvalue weighted by Crippen LogP contribution is 1.95. The molecular weight excluding hydrogens is 152 g/mol. The SMILES string of the molecule is CC(=O)[C@H](O)[C@@H](O)C(=O)CO. The van der Waals surface area contributed by atoms with Gasteiger partial charge in [-0.05, 0) is 6.92 Å². The van der Waals surface area contributed by atoms with Crippen molar-refractivity contribution in [3.05, 3.63) is 0 Å². The minimum Gasteiger partial charge on any atom is -0.388 e. The fourth-order valence-corrected chi connectivity index (χ4v) is 0.492. The molecule has 0 radical (unpaired) electrons. The molecule has 0 aliphatic carbocycles. The second kappa shape index (κ2) is 4.17. The molecule has 0 bridgehead atoms. The van der Waals surface area contributed by atoms with Gasteiger partial charge < -0.3 is 15.3 Å². The lowest BCUT2D eigenvalue weighted by molar-refractivity contribution is -0.143. The number of hydrogen-bond donors (Lipinski definition) is 3. The van der Waals surface area contributed by atoms with Crippen LogP contribution in [0.1, 0.15) is 6.92 Å². The van der Waals surface area contributed by atoms with Gasteiger partial charge in [-0.2, -0.15) is 0 Å². The number of ketones is 2. The van der Waals surface area contributed by atoms with Gasteiger partial charge in [0.05, 0.1) is 0 Å². The molecule has 0 heterocycles. The molecule has 5 heteroatoms. The van der Waals surface area contributed by atoms with Crippen molar-refractivity contribution in [2.24, 2.45) is 0 Å². The lowest BCUT2D eigenvalue weighted by atomic mass is 10.1. The third-order valence-electron chi connectivity index (χ3n) is 1.20. The van der Waals surface area contributed by atoms with Crippen LogP contribution in [0, 0.1) is 0 Å². The van der Waals surface area contributed by atoms with Crippen LogP contribution in [-0.4, -0.2) is 45.7 Å². The van der Waals surface area contributed by atoms with Crippen LogP contribution in [0.5, 0.6) is 0 Å². The monoisotopic (exact) mass is 162 g/mol. The van der Waals surface area contributed by atoms with Gasteiger partial charge in [-0.25, -0.2) is 0 Å². The van der Waals surface area contributed by atoms with Crippen molar-refractivity contribution in [3.63, 3.8) is 0 Å². The van der Waals surface area contributed by atoms with Crippen LogP contribution >= 0.6 is 0 Å². The third-order valence-corrected chi connectivity index (χ3v) is 1.20.